The van der Waals surface area contributed by atoms with Crippen molar-refractivity contribution in [2.45, 2.75) is 13.0 Å². The van der Waals surface area contributed by atoms with Crippen molar-refractivity contribution in [3.63, 3.8) is 0 Å². The molecular weight excluding hydrogens is 128 g/mol. The van der Waals surface area contributed by atoms with Crippen LogP contribution in [0.4, 0.5) is 0 Å². The predicted octanol–water partition coefficient (Wildman–Crippen LogP) is 0.549. The molecule has 0 fully saturated rings. The maximum absolute atomic E-state index is 5.19. The zero-order valence-electron chi connectivity index (χ0n) is 5.58. The topological polar surface area (TPSA) is 35.0 Å². The van der Waals surface area contributed by atoms with Crippen molar-refractivity contribution in [3.8, 4) is 0 Å². The molecule has 0 spiro atoms. The Kier molecular flexibility index (Phi) is 1.36. The van der Waals surface area contributed by atoms with E-state index in [1.807, 2.05) is 6.07 Å². The number of hydrogen-bond donors (Lipinski definition) is 0. The Morgan fingerprint density at radius 1 is 1.50 bits per heavy atom. The summed E-state index contributed by atoms with van der Waals surface area (Å²) in [5.74, 6) is 0. The first-order valence-electron chi connectivity index (χ1n) is 3.34. The molecule has 0 bridgehead atoms. The normalized spacial score (nSPS) is 16.4. The lowest BCUT2D eigenvalue weighted by molar-refractivity contribution is 0.106. The minimum absolute atomic E-state index is 0.628. The largest absolute Gasteiger partial charge is 0.375 e. The van der Waals surface area contributed by atoms with Crippen LogP contribution in [-0.2, 0) is 17.8 Å². The van der Waals surface area contributed by atoms with Crippen LogP contribution in [0.15, 0.2) is 12.3 Å². The summed E-state index contributed by atoms with van der Waals surface area (Å²) in [6.07, 6.45) is 2.70. The maximum Gasteiger partial charge on any atom is 0.0920 e. The van der Waals surface area contributed by atoms with Crippen LogP contribution in [0.1, 0.15) is 11.3 Å². The van der Waals surface area contributed by atoms with Gasteiger partial charge in [-0.25, -0.2) is 0 Å². The molecule has 0 N–H and O–H groups in total. The highest BCUT2D eigenvalue weighted by Crippen LogP contribution is 2.11. The Balaban J connectivity index is 2.41. The molecule has 52 valence electrons. The van der Waals surface area contributed by atoms with Gasteiger partial charge < -0.3 is 4.74 Å². The van der Waals surface area contributed by atoms with Gasteiger partial charge in [-0.05, 0) is 18.1 Å². The maximum atomic E-state index is 5.19. The van der Waals surface area contributed by atoms with Gasteiger partial charge in [-0.3, -0.25) is 0 Å². The number of nitrogens with zero attached hydrogens (tertiary/aromatic N) is 2. The Labute approximate surface area is 59.0 Å². The van der Waals surface area contributed by atoms with Crippen molar-refractivity contribution in [1.29, 1.82) is 0 Å². The molecule has 0 saturated carbocycles. The van der Waals surface area contributed by atoms with Crippen LogP contribution in [0, 0.1) is 0 Å². The zero-order chi connectivity index (χ0) is 6.81. The third kappa shape index (κ3) is 0.885. The van der Waals surface area contributed by atoms with Gasteiger partial charge in [-0.1, -0.05) is 0 Å². The number of hydrogen-bond acceptors (Lipinski definition) is 3. The fourth-order valence-corrected chi connectivity index (χ4v) is 1.09. The second kappa shape index (κ2) is 2.34. The lowest BCUT2D eigenvalue weighted by atomic mass is 10.1. The summed E-state index contributed by atoms with van der Waals surface area (Å²) in [5.41, 5.74) is 2.27. The molecule has 3 heteroatoms. The molecule has 1 aliphatic rings. The van der Waals surface area contributed by atoms with Crippen LogP contribution in [-0.4, -0.2) is 16.8 Å². The van der Waals surface area contributed by atoms with E-state index in [4.69, 9.17) is 4.74 Å². The standard InChI is InChI=1S/C7H8N2O/c1-3-8-9-7-5-10-4-2-6(1)7/h1,3H,2,4-5H2. The number of aromatic nitrogens is 2. The van der Waals surface area contributed by atoms with Gasteiger partial charge in [0.05, 0.1) is 18.9 Å². The first-order chi connectivity index (χ1) is 4.97. The average Bonchev–Trinajstić information content (AvgIpc) is 2.05. The molecule has 1 aliphatic heterocycles. The van der Waals surface area contributed by atoms with E-state index in [-0.39, 0.29) is 0 Å². The Bertz CT molecular complexity index is 212. The molecule has 0 radical (unpaired) electrons. The summed E-state index contributed by atoms with van der Waals surface area (Å²) in [7, 11) is 0. The average molecular weight is 136 g/mol. The van der Waals surface area contributed by atoms with E-state index in [1.165, 1.54) is 5.56 Å². The molecule has 0 atom stereocenters. The van der Waals surface area contributed by atoms with E-state index in [2.05, 4.69) is 10.2 Å². The van der Waals surface area contributed by atoms with Gasteiger partial charge >= 0.3 is 0 Å². The molecule has 0 unspecified atom stereocenters. The predicted molar refractivity (Wildman–Crippen MR) is 35.4 cm³/mol. The Morgan fingerprint density at radius 2 is 2.50 bits per heavy atom. The monoisotopic (exact) mass is 136 g/mol. The molecule has 0 aliphatic carbocycles. The number of fused-ring (bicyclic) bond motifs is 1. The summed E-state index contributed by atoms with van der Waals surface area (Å²) in [5, 5.41) is 7.71. The summed E-state index contributed by atoms with van der Waals surface area (Å²) in [4.78, 5) is 0. The Hall–Kier alpha value is -0.960. The smallest absolute Gasteiger partial charge is 0.0920 e. The number of rotatable bonds is 0. The molecule has 10 heavy (non-hydrogen) atoms. The van der Waals surface area contributed by atoms with Gasteiger partial charge in [-0.2, -0.15) is 10.2 Å². The molecule has 0 saturated heterocycles. The van der Waals surface area contributed by atoms with Crippen molar-refractivity contribution in [1.82, 2.24) is 10.2 Å². The van der Waals surface area contributed by atoms with E-state index < -0.39 is 0 Å². The van der Waals surface area contributed by atoms with E-state index in [0.29, 0.717) is 6.61 Å². The molecule has 2 heterocycles. The van der Waals surface area contributed by atoms with E-state index in [0.717, 1.165) is 18.7 Å². The summed E-state index contributed by atoms with van der Waals surface area (Å²) in [6.45, 7) is 1.45. The van der Waals surface area contributed by atoms with Crippen LogP contribution < -0.4 is 0 Å². The third-order valence-electron chi connectivity index (χ3n) is 1.65. The van der Waals surface area contributed by atoms with Gasteiger partial charge in [0.25, 0.3) is 0 Å². The zero-order valence-corrected chi connectivity index (χ0v) is 5.58. The molecule has 2 rings (SSSR count). The van der Waals surface area contributed by atoms with Crippen molar-refractivity contribution in [3.05, 3.63) is 23.5 Å². The minimum atomic E-state index is 0.628. The lowest BCUT2D eigenvalue weighted by Gasteiger charge is -2.12. The third-order valence-corrected chi connectivity index (χ3v) is 1.65. The first kappa shape index (κ1) is 5.80. The van der Waals surface area contributed by atoms with Gasteiger partial charge in [0.2, 0.25) is 0 Å². The van der Waals surface area contributed by atoms with Crippen LogP contribution in [0.5, 0.6) is 0 Å². The Morgan fingerprint density at radius 3 is 3.40 bits per heavy atom. The van der Waals surface area contributed by atoms with Gasteiger partial charge in [0.15, 0.2) is 0 Å². The fourth-order valence-electron chi connectivity index (χ4n) is 1.09. The van der Waals surface area contributed by atoms with Crippen molar-refractivity contribution >= 4 is 0 Å². The van der Waals surface area contributed by atoms with Crippen LogP contribution >= 0.6 is 0 Å². The highest BCUT2D eigenvalue weighted by Gasteiger charge is 2.08. The fraction of sp³-hybridized carbons (Fsp3) is 0.429. The van der Waals surface area contributed by atoms with Crippen molar-refractivity contribution in [2.75, 3.05) is 6.61 Å². The molecule has 0 aromatic carbocycles. The molecule has 3 nitrogen and oxygen atoms in total. The summed E-state index contributed by atoms with van der Waals surface area (Å²) < 4.78 is 5.19. The SMILES string of the molecule is c1cc2c(nn1)COCC2. The van der Waals surface area contributed by atoms with Gasteiger partial charge in [0.1, 0.15) is 0 Å². The van der Waals surface area contributed by atoms with Crippen LogP contribution in [0.2, 0.25) is 0 Å². The highest BCUT2D eigenvalue weighted by molar-refractivity contribution is 5.18. The van der Waals surface area contributed by atoms with Gasteiger partial charge in [0, 0.05) is 6.20 Å². The second-order valence-corrected chi connectivity index (χ2v) is 2.31. The van der Waals surface area contributed by atoms with E-state index >= 15 is 0 Å². The molecule has 0 amide bonds. The quantitative estimate of drug-likeness (QED) is 0.522. The lowest BCUT2D eigenvalue weighted by Crippen LogP contribution is -2.11. The van der Waals surface area contributed by atoms with Crippen LogP contribution in [0.25, 0.3) is 0 Å². The van der Waals surface area contributed by atoms with Crippen molar-refractivity contribution in [2.24, 2.45) is 0 Å². The highest BCUT2D eigenvalue weighted by atomic mass is 16.5. The van der Waals surface area contributed by atoms with Gasteiger partial charge in [-0.15, -0.1) is 0 Å². The van der Waals surface area contributed by atoms with Crippen LogP contribution in [0.3, 0.4) is 0 Å². The molecular formula is C7H8N2O. The number of ether oxygens (including phenoxy) is 1. The first-order valence-corrected chi connectivity index (χ1v) is 3.34. The second-order valence-electron chi connectivity index (χ2n) is 2.31. The van der Waals surface area contributed by atoms with Crippen molar-refractivity contribution < 1.29 is 4.74 Å². The molecule has 1 aromatic heterocycles. The van der Waals surface area contributed by atoms with E-state index in [1.54, 1.807) is 6.20 Å². The van der Waals surface area contributed by atoms with E-state index in [9.17, 15) is 0 Å². The minimum Gasteiger partial charge on any atom is -0.375 e. The molecule has 1 aromatic rings. The summed E-state index contributed by atoms with van der Waals surface area (Å²) >= 11 is 0. The summed E-state index contributed by atoms with van der Waals surface area (Å²) in [6, 6.07) is 2.00.